The van der Waals surface area contributed by atoms with Crippen LogP contribution in [0, 0.1) is 6.92 Å². The second kappa shape index (κ2) is 12.8. The van der Waals surface area contributed by atoms with E-state index in [9.17, 15) is 0 Å². The second-order valence-corrected chi connectivity index (χ2v) is 9.61. The summed E-state index contributed by atoms with van der Waals surface area (Å²) in [6.45, 7) is 7.01. The third-order valence-corrected chi connectivity index (χ3v) is 6.96. The summed E-state index contributed by atoms with van der Waals surface area (Å²) in [5, 5.41) is 0. The quantitative estimate of drug-likeness (QED) is 0.327. The van der Waals surface area contributed by atoms with Crippen molar-refractivity contribution in [2.24, 2.45) is 0 Å². The van der Waals surface area contributed by atoms with Gasteiger partial charge in [-0.15, -0.1) is 0 Å². The molecule has 7 heteroatoms. The molecule has 1 aliphatic rings. The zero-order valence-corrected chi connectivity index (χ0v) is 21.8. The van der Waals surface area contributed by atoms with Gasteiger partial charge in [-0.3, -0.25) is 4.90 Å². The van der Waals surface area contributed by atoms with Crippen LogP contribution in [-0.4, -0.2) is 60.6 Å². The van der Waals surface area contributed by atoms with E-state index >= 15 is 0 Å². The largest absolute Gasteiger partial charge is 0.493 e. The number of imidazole rings is 1. The fraction of sp³-hybridized carbons (Fsp3) is 0.483. The van der Waals surface area contributed by atoms with Gasteiger partial charge >= 0.3 is 0 Å². The Morgan fingerprint density at radius 2 is 1.83 bits per heavy atom. The highest BCUT2D eigenvalue weighted by atomic mass is 16.5. The molecule has 1 atom stereocenters. The van der Waals surface area contributed by atoms with E-state index < -0.39 is 0 Å². The third kappa shape index (κ3) is 7.24. The van der Waals surface area contributed by atoms with Crippen molar-refractivity contribution in [2.45, 2.75) is 51.3 Å². The van der Waals surface area contributed by atoms with E-state index in [1.807, 2.05) is 37.8 Å². The Bertz CT molecular complexity index is 1050. The van der Waals surface area contributed by atoms with Gasteiger partial charge in [0.1, 0.15) is 18.0 Å². The zero-order valence-electron chi connectivity index (χ0n) is 21.8. The first-order valence-electron chi connectivity index (χ1n) is 12.8. The van der Waals surface area contributed by atoms with Gasteiger partial charge in [0.15, 0.2) is 11.5 Å². The predicted octanol–water partition coefficient (Wildman–Crippen LogP) is 5.12. The van der Waals surface area contributed by atoms with Crippen molar-refractivity contribution in [3.63, 3.8) is 0 Å². The summed E-state index contributed by atoms with van der Waals surface area (Å²) >= 11 is 0. The van der Waals surface area contributed by atoms with Gasteiger partial charge in [0.05, 0.1) is 20.0 Å². The predicted molar refractivity (Wildman–Crippen MR) is 141 cm³/mol. The molecule has 1 unspecified atom stereocenters. The summed E-state index contributed by atoms with van der Waals surface area (Å²) < 4.78 is 25.9. The van der Waals surface area contributed by atoms with E-state index in [4.69, 9.17) is 18.9 Å². The lowest BCUT2D eigenvalue weighted by Gasteiger charge is -2.31. The van der Waals surface area contributed by atoms with Crippen LogP contribution in [0.4, 0.5) is 0 Å². The summed E-state index contributed by atoms with van der Waals surface area (Å²) in [6, 6.07) is 14.5. The molecule has 0 bridgehead atoms. The molecule has 1 aliphatic heterocycles. The van der Waals surface area contributed by atoms with Crippen LogP contribution in [0.15, 0.2) is 61.2 Å². The number of benzene rings is 2. The molecule has 0 amide bonds. The minimum absolute atomic E-state index is 0.261. The molecular weight excluding hydrogens is 454 g/mol. The summed E-state index contributed by atoms with van der Waals surface area (Å²) in [5.41, 5.74) is 2.19. The SMILES string of the molecule is COc1ccc(CN2CCCC(COc3ccc(C)cc3)(OC)CC2)cc1OCCCn1ccnc1. The van der Waals surface area contributed by atoms with Gasteiger partial charge in [-0.1, -0.05) is 23.8 Å². The van der Waals surface area contributed by atoms with Gasteiger partial charge in [0.2, 0.25) is 0 Å². The van der Waals surface area contributed by atoms with Crippen molar-refractivity contribution in [3.05, 3.63) is 72.3 Å². The summed E-state index contributed by atoms with van der Waals surface area (Å²) in [6.07, 6.45) is 9.48. The molecule has 0 saturated carbocycles. The molecule has 2 heterocycles. The molecule has 0 N–H and O–H groups in total. The number of rotatable bonds is 12. The average molecular weight is 494 g/mol. The Hall–Kier alpha value is -3.03. The zero-order chi connectivity index (χ0) is 25.2. The molecule has 0 aliphatic carbocycles. The lowest BCUT2D eigenvalue weighted by molar-refractivity contribution is -0.0541. The first-order valence-corrected chi connectivity index (χ1v) is 12.8. The van der Waals surface area contributed by atoms with Gasteiger partial charge in [-0.2, -0.15) is 0 Å². The highest BCUT2D eigenvalue weighted by molar-refractivity contribution is 5.43. The average Bonchev–Trinajstić information content (AvgIpc) is 3.34. The molecule has 0 radical (unpaired) electrons. The van der Waals surface area contributed by atoms with Crippen LogP contribution >= 0.6 is 0 Å². The first-order chi connectivity index (χ1) is 17.6. The molecule has 4 rings (SSSR count). The Morgan fingerprint density at radius 3 is 2.58 bits per heavy atom. The molecule has 1 fully saturated rings. The maximum absolute atomic E-state index is 6.14. The van der Waals surface area contributed by atoms with Crippen molar-refractivity contribution < 1.29 is 18.9 Å². The Labute approximate surface area is 215 Å². The smallest absolute Gasteiger partial charge is 0.161 e. The number of aryl methyl sites for hydroxylation is 2. The molecule has 194 valence electrons. The Morgan fingerprint density at radius 1 is 0.972 bits per heavy atom. The van der Waals surface area contributed by atoms with E-state index in [1.165, 1.54) is 11.1 Å². The topological polar surface area (TPSA) is 58.0 Å². The molecule has 3 aromatic rings. The van der Waals surface area contributed by atoms with E-state index in [0.29, 0.717) is 13.2 Å². The number of hydrogen-bond acceptors (Lipinski definition) is 6. The van der Waals surface area contributed by atoms with Gasteiger partial charge in [-0.25, -0.2) is 4.98 Å². The number of aromatic nitrogens is 2. The first kappa shape index (κ1) is 26.0. The van der Waals surface area contributed by atoms with Crippen LogP contribution < -0.4 is 14.2 Å². The number of methoxy groups -OCH3 is 2. The van der Waals surface area contributed by atoms with E-state index in [1.54, 1.807) is 13.3 Å². The highest BCUT2D eigenvalue weighted by Crippen LogP contribution is 2.31. The minimum atomic E-state index is -0.261. The Kier molecular flexibility index (Phi) is 9.25. The molecule has 0 spiro atoms. The van der Waals surface area contributed by atoms with Crippen molar-refractivity contribution in [1.82, 2.24) is 14.5 Å². The lowest BCUT2D eigenvalue weighted by Crippen LogP contribution is -2.39. The van der Waals surface area contributed by atoms with Gasteiger partial charge in [-0.05, 0) is 69.0 Å². The fourth-order valence-corrected chi connectivity index (χ4v) is 4.68. The lowest BCUT2D eigenvalue weighted by atomic mass is 9.95. The number of likely N-dealkylation sites (tertiary alicyclic amines) is 1. The molecule has 7 nitrogen and oxygen atoms in total. The minimum Gasteiger partial charge on any atom is -0.493 e. The molecule has 1 aromatic heterocycles. The molecule has 2 aromatic carbocycles. The van der Waals surface area contributed by atoms with Gasteiger partial charge < -0.3 is 23.5 Å². The number of ether oxygens (including phenoxy) is 4. The standard InChI is InChI=1S/C29H39N3O4/c1-24-6-9-26(10-7-24)36-22-29(34-3)12-4-15-31(17-13-29)21-25-8-11-27(33-2)28(20-25)35-19-5-16-32-18-14-30-23-32/h6-11,14,18,20,23H,4-5,12-13,15-17,19,21-22H2,1-3H3. The van der Waals surface area contributed by atoms with Crippen LogP contribution in [0.1, 0.15) is 36.8 Å². The number of hydrogen-bond donors (Lipinski definition) is 0. The maximum Gasteiger partial charge on any atom is 0.161 e. The maximum atomic E-state index is 6.14. The van der Waals surface area contributed by atoms with E-state index in [0.717, 1.165) is 69.1 Å². The summed E-state index contributed by atoms with van der Waals surface area (Å²) in [7, 11) is 3.50. The monoisotopic (exact) mass is 493 g/mol. The van der Waals surface area contributed by atoms with Crippen LogP contribution in [-0.2, 0) is 17.8 Å². The van der Waals surface area contributed by atoms with Crippen LogP contribution in [0.25, 0.3) is 0 Å². The van der Waals surface area contributed by atoms with Crippen molar-refractivity contribution >= 4 is 0 Å². The third-order valence-electron chi connectivity index (χ3n) is 6.96. The van der Waals surface area contributed by atoms with Crippen molar-refractivity contribution in [1.29, 1.82) is 0 Å². The summed E-state index contributed by atoms with van der Waals surface area (Å²) in [4.78, 5) is 6.58. The van der Waals surface area contributed by atoms with Crippen molar-refractivity contribution in [3.8, 4) is 17.2 Å². The summed E-state index contributed by atoms with van der Waals surface area (Å²) in [5.74, 6) is 2.46. The van der Waals surface area contributed by atoms with Crippen LogP contribution in [0.5, 0.6) is 17.2 Å². The second-order valence-electron chi connectivity index (χ2n) is 9.61. The van der Waals surface area contributed by atoms with E-state index in [-0.39, 0.29) is 5.60 Å². The Balaban J connectivity index is 1.31. The van der Waals surface area contributed by atoms with Crippen molar-refractivity contribution in [2.75, 3.05) is 40.5 Å². The van der Waals surface area contributed by atoms with Gasteiger partial charge in [0.25, 0.3) is 0 Å². The van der Waals surface area contributed by atoms with E-state index in [2.05, 4.69) is 45.6 Å². The molecular formula is C29H39N3O4. The highest BCUT2D eigenvalue weighted by Gasteiger charge is 2.33. The molecule has 36 heavy (non-hydrogen) atoms. The fourth-order valence-electron chi connectivity index (χ4n) is 4.68. The van der Waals surface area contributed by atoms with Crippen LogP contribution in [0.3, 0.4) is 0 Å². The normalized spacial score (nSPS) is 18.5. The van der Waals surface area contributed by atoms with Gasteiger partial charge in [0, 0.05) is 39.1 Å². The number of nitrogens with zero attached hydrogens (tertiary/aromatic N) is 3. The molecule has 1 saturated heterocycles. The van der Waals surface area contributed by atoms with Crippen LogP contribution in [0.2, 0.25) is 0 Å².